The molecule has 0 radical (unpaired) electrons. The van der Waals surface area contributed by atoms with Crippen molar-refractivity contribution >= 4 is 22.8 Å². The molecule has 3 heterocycles. The lowest BCUT2D eigenvalue weighted by molar-refractivity contribution is -0.132. The van der Waals surface area contributed by atoms with Gasteiger partial charge in [0.05, 0.1) is 18.2 Å². The molecule has 7 nitrogen and oxygen atoms in total. The van der Waals surface area contributed by atoms with Gasteiger partial charge < -0.3 is 14.6 Å². The third-order valence-electron chi connectivity index (χ3n) is 5.73. The van der Waals surface area contributed by atoms with Crippen molar-refractivity contribution in [2.45, 2.75) is 38.3 Å². The number of hydrogen-bond acceptors (Lipinski definition) is 5. The van der Waals surface area contributed by atoms with Gasteiger partial charge in [-0.3, -0.25) is 14.5 Å². The minimum absolute atomic E-state index is 0.000371. The van der Waals surface area contributed by atoms with Crippen molar-refractivity contribution in [2.75, 3.05) is 26.2 Å². The highest BCUT2D eigenvalue weighted by Crippen LogP contribution is 2.24. The van der Waals surface area contributed by atoms with Gasteiger partial charge in [0.1, 0.15) is 17.9 Å². The first-order valence-corrected chi connectivity index (χ1v) is 9.76. The molecular formula is C21H24N4O3. The van der Waals surface area contributed by atoms with Gasteiger partial charge >= 0.3 is 0 Å². The summed E-state index contributed by atoms with van der Waals surface area (Å²) in [5, 5.41) is 13.0. The molecule has 1 N–H and O–H groups in total. The SMILES string of the molecule is Cc1cccc2c(C(=O)N[C@H]3CCN(CC(=O)N4CCCC4C#N)C3)coc12. The van der Waals surface area contributed by atoms with E-state index in [0.29, 0.717) is 25.2 Å². The van der Waals surface area contributed by atoms with Gasteiger partial charge in [0, 0.05) is 31.1 Å². The highest BCUT2D eigenvalue weighted by atomic mass is 16.3. The standard InChI is InChI=1S/C21H24N4O3/c1-14-4-2-6-17-18(13-28-20(14)17)21(27)23-15-7-9-24(11-15)12-19(26)25-8-3-5-16(25)10-22/h2,4,6,13,15-16H,3,5,7-9,11-12H2,1H3,(H,23,27)/t15-,16?/m0/s1. The van der Waals surface area contributed by atoms with Crippen LogP contribution in [0.3, 0.4) is 0 Å². The van der Waals surface area contributed by atoms with E-state index < -0.39 is 0 Å². The summed E-state index contributed by atoms with van der Waals surface area (Å²) in [4.78, 5) is 28.9. The summed E-state index contributed by atoms with van der Waals surface area (Å²) in [5.74, 6) is -0.140. The number of nitrogens with zero attached hydrogens (tertiary/aromatic N) is 3. The molecule has 2 amide bonds. The second-order valence-corrected chi connectivity index (χ2v) is 7.67. The van der Waals surface area contributed by atoms with Gasteiger partial charge in [0.25, 0.3) is 5.91 Å². The number of nitrogens with one attached hydrogen (secondary N) is 1. The Kier molecular flexibility index (Phi) is 5.05. The summed E-state index contributed by atoms with van der Waals surface area (Å²) in [6.45, 7) is 4.32. The van der Waals surface area contributed by atoms with Gasteiger partial charge in [-0.05, 0) is 31.7 Å². The van der Waals surface area contributed by atoms with E-state index in [-0.39, 0.29) is 23.9 Å². The summed E-state index contributed by atoms with van der Waals surface area (Å²) in [7, 11) is 0. The third kappa shape index (κ3) is 3.48. The fraction of sp³-hybridized carbons (Fsp3) is 0.476. The van der Waals surface area contributed by atoms with Crippen LogP contribution in [0.1, 0.15) is 35.2 Å². The Hall–Kier alpha value is -2.85. The monoisotopic (exact) mass is 380 g/mol. The van der Waals surface area contributed by atoms with Gasteiger partial charge in [-0.1, -0.05) is 18.2 Å². The first kappa shape index (κ1) is 18.5. The van der Waals surface area contributed by atoms with Crippen molar-refractivity contribution in [1.82, 2.24) is 15.1 Å². The molecule has 2 aromatic rings. The number of para-hydroxylation sites is 1. The molecule has 0 bridgehead atoms. The molecule has 1 aromatic carbocycles. The van der Waals surface area contributed by atoms with Crippen LogP contribution in [0, 0.1) is 18.3 Å². The summed E-state index contributed by atoms with van der Waals surface area (Å²) >= 11 is 0. The molecule has 0 spiro atoms. The number of likely N-dealkylation sites (tertiary alicyclic amines) is 2. The molecule has 0 aliphatic carbocycles. The van der Waals surface area contributed by atoms with E-state index in [9.17, 15) is 9.59 Å². The maximum atomic E-state index is 12.7. The molecule has 0 saturated carbocycles. The predicted molar refractivity (Wildman–Crippen MR) is 104 cm³/mol. The van der Waals surface area contributed by atoms with Gasteiger partial charge in [0.2, 0.25) is 5.91 Å². The van der Waals surface area contributed by atoms with Crippen LogP contribution in [0.4, 0.5) is 0 Å². The highest BCUT2D eigenvalue weighted by Gasteiger charge is 2.32. The Morgan fingerprint density at radius 3 is 3.00 bits per heavy atom. The van der Waals surface area contributed by atoms with Crippen LogP contribution in [-0.2, 0) is 4.79 Å². The van der Waals surface area contributed by atoms with Gasteiger partial charge in [-0.25, -0.2) is 0 Å². The molecule has 2 aliphatic rings. The molecule has 2 aliphatic heterocycles. The summed E-state index contributed by atoms with van der Waals surface area (Å²) in [6.07, 6.45) is 3.97. The Morgan fingerprint density at radius 1 is 1.32 bits per heavy atom. The molecule has 1 unspecified atom stereocenters. The van der Waals surface area contributed by atoms with E-state index in [1.807, 2.05) is 25.1 Å². The second kappa shape index (κ2) is 7.64. The number of aryl methyl sites for hydroxylation is 1. The quantitative estimate of drug-likeness (QED) is 0.877. The van der Waals surface area contributed by atoms with E-state index in [0.717, 1.165) is 42.3 Å². The van der Waals surface area contributed by atoms with Crippen LogP contribution in [-0.4, -0.2) is 59.9 Å². The first-order chi connectivity index (χ1) is 13.6. The Labute approximate surface area is 163 Å². The molecule has 1 aromatic heterocycles. The van der Waals surface area contributed by atoms with Crippen molar-refractivity contribution in [3.8, 4) is 6.07 Å². The number of amides is 2. The number of fused-ring (bicyclic) bond motifs is 1. The number of carbonyl (C=O) groups is 2. The Morgan fingerprint density at radius 2 is 2.18 bits per heavy atom. The number of furan rings is 1. The van der Waals surface area contributed by atoms with E-state index in [4.69, 9.17) is 9.68 Å². The molecule has 7 heteroatoms. The summed E-state index contributed by atoms with van der Waals surface area (Å²) in [6, 6.07) is 7.68. The molecule has 4 rings (SSSR count). The molecule has 2 saturated heterocycles. The zero-order valence-corrected chi connectivity index (χ0v) is 16.0. The highest BCUT2D eigenvalue weighted by molar-refractivity contribution is 6.06. The lowest BCUT2D eigenvalue weighted by Crippen LogP contribution is -2.43. The molecule has 2 atom stereocenters. The molecular weight excluding hydrogens is 356 g/mol. The van der Waals surface area contributed by atoms with Gasteiger partial charge in [-0.15, -0.1) is 0 Å². The molecule has 28 heavy (non-hydrogen) atoms. The van der Waals surface area contributed by atoms with Crippen molar-refractivity contribution in [3.05, 3.63) is 35.6 Å². The van der Waals surface area contributed by atoms with Crippen molar-refractivity contribution in [3.63, 3.8) is 0 Å². The zero-order chi connectivity index (χ0) is 19.7. The molecule has 2 fully saturated rings. The van der Waals surface area contributed by atoms with E-state index in [1.165, 1.54) is 6.26 Å². The lowest BCUT2D eigenvalue weighted by Gasteiger charge is -2.23. The smallest absolute Gasteiger partial charge is 0.255 e. The van der Waals surface area contributed by atoms with Crippen LogP contribution >= 0.6 is 0 Å². The minimum atomic E-state index is -0.288. The normalized spacial score (nSPS) is 22.5. The Balaban J connectivity index is 1.34. The maximum absolute atomic E-state index is 12.7. The number of rotatable bonds is 4. The van der Waals surface area contributed by atoms with Crippen LogP contribution in [0.15, 0.2) is 28.9 Å². The van der Waals surface area contributed by atoms with Crippen LogP contribution in [0.25, 0.3) is 11.0 Å². The van der Waals surface area contributed by atoms with Gasteiger partial charge in [-0.2, -0.15) is 5.26 Å². The Bertz CT molecular complexity index is 945. The van der Waals surface area contributed by atoms with Crippen LogP contribution in [0.2, 0.25) is 0 Å². The zero-order valence-electron chi connectivity index (χ0n) is 16.0. The lowest BCUT2D eigenvalue weighted by atomic mass is 10.1. The number of benzene rings is 1. The third-order valence-corrected chi connectivity index (χ3v) is 5.73. The predicted octanol–water partition coefficient (Wildman–Crippen LogP) is 2.06. The number of nitriles is 1. The second-order valence-electron chi connectivity index (χ2n) is 7.67. The van der Waals surface area contributed by atoms with Gasteiger partial charge in [0.15, 0.2) is 0 Å². The maximum Gasteiger partial charge on any atom is 0.255 e. The first-order valence-electron chi connectivity index (χ1n) is 9.76. The number of carbonyl (C=O) groups excluding carboxylic acids is 2. The average molecular weight is 380 g/mol. The average Bonchev–Trinajstić information content (AvgIpc) is 3.41. The van der Waals surface area contributed by atoms with E-state index >= 15 is 0 Å². The topological polar surface area (TPSA) is 89.6 Å². The van der Waals surface area contributed by atoms with Crippen LogP contribution in [0.5, 0.6) is 0 Å². The van der Waals surface area contributed by atoms with Crippen molar-refractivity contribution < 1.29 is 14.0 Å². The molecule has 146 valence electrons. The fourth-order valence-corrected chi connectivity index (χ4v) is 4.22. The fourth-order valence-electron chi connectivity index (χ4n) is 4.22. The summed E-state index contributed by atoms with van der Waals surface area (Å²) < 4.78 is 5.57. The van der Waals surface area contributed by atoms with Crippen LogP contribution < -0.4 is 5.32 Å². The van der Waals surface area contributed by atoms with E-state index in [2.05, 4.69) is 16.3 Å². The van der Waals surface area contributed by atoms with E-state index in [1.54, 1.807) is 4.90 Å². The van der Waals surface area contributed by atoms with Crippen molar-refractivity contribution in [2.24, 2.45) is 0 Å². The summed E-state index contributed by atoms with van der Waals surface area (Å²) in [5.41, 5.74) is 2.28. The number of hydrogen-bond donors (Lipinski definition) is 1. The largest absolute Gasteiger partial charge is 0.463 e. The minimum Gasteiger partial charge on any atom is -0.463 e. The van der Waals surface area contributed by atoms with Crippen molar-refractivity contribution in [1.29, 1.82) is 5.26 Å².